The van der Waals surface area contributed by atoms with Gasteiger partial charge in [-0.1, -0.05) is 41.7 Å². The number of carbonyl (C=O) groups is 3. The van der Waals surface area contributed by atoms with E-state index >= 15 is 0 Å². The highest BCUT2D eigenvalue weighted by Crippen LogP contribution is 2.23. The van der Waals surface area contributed by atoms with Crippen LogP contribution in [0.5, 0.6) is 0 Å². The molecule has 0 radical (unpaired) electrons. The molecule has 1 aromatic carbocycles. The van der Waals surface area contributed by atoms with Crippen LogP contribution in [0.3, 0.4) is 0 Å². The summed E-state index contributed by atoms with van der Waals surface area (Å²) >= 11 is 1.16. The third-order valence-corrected chi connectivity index (χ3v) is 4.61. The summed E-state index contributed by atoms with van der Waals surface area (Å²) in [5, 5.41) is 3.10. The lowest BCUT2D eigenvalue weighted by molar-refractivity contribution is -0.116. The average Bonchev–Trinajstić information content (AvgIpc) is 2.94. The van der Waals surface area contributed by atoms with Crippen molar-refractivity contribution in [3.8, 4) is 0 Å². The molecule has 2 rings (SSSR count). The number of nitrogens with one attached hydrogen (secondary N) is 1. The maximum absolute atomic E-state index is 12.0. The molecule has 6 nitrogen and oxygen atoms in total. The van der Waals surface area contributed by atoms with Crippen molar-refractivity contribution in [2.45, 2.75) is 26.2 Å². The molecular formula is C18H21N3O3S. The van der Waals surface area contributed by atoms with Gasteiger partial charge in [0.05, 0.1) is 5.69 Å². The smallest absolute Gasteiger partial charge is 0.265 e. The first kappa shape index (κ1) is 18.8. The summed E-state index contributed by atoms with van der Waals surface area (Å²) in [5.41, 5.74) is 1.25. The SMILES string of the molecule is Cc1nc(NC(=O)CCCC(=O)c2ccccc2)sc1C(=O)N(C)C. The van der Waals surface area contributed by atoms with E-state index in [1.807, 2.05) is 18.2 Å². The maximum atomic E-state index is 12.0. The predicted octanol–water partition coefficient (Wildman–Crippen LogP) is 3.15. The van der Waals surface area contributed by atoms with Gasteiger partial charge in [0, 0.05) is 32.5 Å². The van der Waals surface area contributed by atoms with Gasteiger partial charge in [-0.05, 0) is 13.3 Å². The number of aryl methyl sites for hydroxylation is 1. The number of nitrogens with zero attached hydrogens (tertiary/aromatic N) is 2. The van der Waals surface area contributed by atoms with Gasteiger partial charge < -0.3 is 10.2 Å². The van der Waals surface area contributed by atoms with E-state index in [2.05, 4.69) is 10.3 Å². The first-order valence-electron chi connectivity index (χ1n) is 7.95. The Hall–Kier alpha value is -2.54. The molecule has 0 unspecified atom stereocenters. The van der Waals surface area contributed by atoms with Crippen molar-refractivity contribution in [3.05, 3.63) is 46.5 Å². The zero-order valence-corrected chi connectivity index (χ0v) is 15.4. The Bertz CT molecular complexity index is 769. The van der Waals surface area contributed by atoms with E-state index in [1.165, 1.54) is 4.90 Å². The normalized spacial score (nSPS) is 10.4. The van der Waals surface area contributed by atoms with Crippen molar-refractivity contribution >= 4 is 34.1 Å². The van der Waals surface area contributed by atoms with Crippen LogP contribution >= 0.6 is 11.3 Å². The quantitative estimate of drug-likeness (QED) is 0.770. The minimum atomic E-state index is -0.210. The number of rotatable bonds is 7. The highest BCUT2D eigenvalue weighted by atomic mass is 32.1. The van der Waals surface area contributed by atoms with Crippen LogP contribution in [0, 0.1) is 6.92 Å². The molecule has 0 bridgehead atoms. The highest BCUT2D eigenvalue weighted by Gasteiger charge is 2.18. The fraction of sp³-hybridized carbons (Fsp3) is 0.333. The topological polar surface area (TPSA) is 79.4 Å². The molecule has 132 valence electrons. The molecule has 0 spiro atoms. The van der Waals surface area contributed by atoms with Gasteiger partial charge in [-0.3, -0.25) is 14.4 Å². The first-order valence-corrected chi connectivity index (χ1v) is 8.77. The molecule has 0 aliphatic rings. The molecule has 0 saturated carbocycles. The van der Waals surface area contributed by atoms with E-state index in [9.17, 15) is 14.4 Å². The number of aromatic nitrogens is 1. The molecule has 0 aliphatic carbocycles. The Morgan fingerprint density at radius 2 is 1.80 bits per heavy atom. The van der Waals surface area contributed by atoms with Crippen LogP contribution in [0.1, 0.15) is 45.0 Å². The maximum Gasteiger partial charge on any atom is 0.265 e. The van der Waals surface area contributed by atoms with Gasteiger partial charge in [-0.25, -0.2) is 4.98 Å². The zero-order valence-electron chi connectivity index (χ0n) is 14.5. The average molecular weight is 359 g/mol. The largest absolute Gasteiger partial charge is 0.344 e. The lowest BCUT2D eigenvalue weighted by Crippen LogP contribution is -2.21. The molecule has 0 fully saturated rings. The molecule has 0 atom stereocenters. The van der Waals surface area contributed by atoms with Gasteiger partial charge in [0.15, 0.2) is 10.9 Å². The van der Waals surface area contributed by atoms with Gasteiger partial charge in [-0.15, -0.1) is 0 Å². The fourth-order valence-electron chi connectivity index (χ4n) is 2.21. The first-order chi connectivity index (χ1) is 11.9. The zero-order chi connectivity index (χ0) is 18.4. The summed E-state index contributed by atoms with van der Waals surface area (Å²) in [4.78, 5) is 42.2. The minimum Gasteiger partial charge on any atom is -0.344 e. The summed E-state index contributed by atoms with van der Waals surface area (Å²) in [6.07, 6.45) is 1.01. The van der Waals surface area contributed by atoms with Crippen LogP contribution in [0.25, 0.3) is 0 Å². The summed E-state index contributed by atoms with van der Waals surface area (Å²) in [6.45, 7) is 1.74. The molecule has 2 amide bonds. The lowest BCUT2D eigenvalue weighted by atomic mass is 10.1. The molecule has 2 aromatic rings. The number of amides is 2. The lowest BCUT2D eigenvalue weighted by Gasteiger charge is -2.07. The van der Waals surface area contributed by atoms with Crippen molar-refractivity contribution in [2.75, 3.05) is 19.4 Å². The van der Waals surface area contributed by atoms with Gasteiger partial charge in [0.25, 0.3) is 5.91 Å². The van der Waals surface area contributed by atoms with E-state index in [0.717, 1.165) is 11.3 Å². The number of Topliss-reactive ketones (excluding diaryl/α,β-unsaturated/α-hetero) is 1. The van der Waals surface area contributed by atoms with E-state index in [4.69, 9.17) is 0 Å². The van der Waals surface area contributed by atoms with Crippen molar-refractivity contribution in [3.63, 3.8) is 0 Å². The molecule has 0 aliphatic heterocycles. The van der Waals surface area contributed by atoms with Crippen molar-refractivity contribution in [2.24, 2.45) is 0 Å². The Labute approximate surface area is 150 Å². The van der Waals surface area contributed by atoms with Gasteiger partial charge in [-0.2, -0.15) is 0 Å². The van der Waals surface area contributed by atoms with Gasteiger partial charge >= 0.3 is 0 Å². The Kier molecular flexibility index (Phi) is 6.41. The second-order valence-corrected chi connectivity index (χ2v) is 6.82. The molecule has 0 saturated heterocycles. The van der Waals surface area contributed by atoms with E-state index in [1.54, 1.807) is 33.2 Å². The molecular weight excluding hydrogens is 338 g/mol. The number of carbonyl (C=O) groups excluding carboxylic acids is 3. The number of benzene rings is 1. The third kappa shape index (κ3) is 5.22. The van der Waals surface area contributed by atoms with Crippen LogP contribution < -0.4 is 5.32 Å². The van der Waals surface area contributed by atoms with Gasteiger partial charge in [0.2, 0.25) is 5.91 Å². The molecule has 1 heterocycles. The second kappa shape index (κ2) is 8.53. The number of ketones is 1. The van der Waals surface area contributed by atoms with Crippen LogP contribution in [-0.2, 0) is 4.79 Å². The fourth-order valence-corrected chi connectivity index (χ4v) is 3.22. The molecule has 1 N–H and O–H groups in total. The van der Waals surface area contributed by atoms with Crippen LogP contribution in [0.15, 0.2) is 30.3 Å². The highest BCUT2D eigenvalue weighted by molar-refractivity contribution is 7.17. The van der Waals surface area contributed by atoms with E-state index < -0.39 is 0 Å². The van der Waals surface area contributed by atoms with E-state index in [-0.39, 0.29) is 24.0 Å². The number of thiazole rings is 1. The summed E-state index contributed by atoms with van der Waals surface area (Å²) < 4.78 is 0. The number of anilines is 1. The van der Waals surface area contributed by atoms with Crippen LogP contribution in [-0.4, -0.2) is 41.6 Å². The summed E-state index contributed by atoms with van der Waals surface area (Å²) in [7, 11) is 3.34. The number of hydrogen-bond donors (Lipinski definition) is 1. The standard InChI is InChI=1S/C18H21N3O3S/c1-12-16(17(24)21(2)3)25-18(19-12)20-15(23)11-7-10-14(22)13-8-5-4-6-9-13/h4-6,8-9H,7,10-11H2,1-3H3,(H,19,20,23). The second-order valence-electron chi connectivity index (χ2n) is 5.82. The molecule has 1 aromatic heterocycles. The summed E-state index contributed by atoms with van der Waals surface area (Å²) in [6, 6.07) is 9.03. The Balaban J connectivity index is 1.84. The number of hydrogen-bond acceptors (Lipinski definition) is 5. The van der Waals surface area contributed by atoms with Gasteiger partial charge in [0.1, 0.15) is 4.88 Å². The van der Waals surface area contributed by atoms with Crippen LogP contribution in [0.2, 0.25) is 0 Å². The molecule has 7 heteroatoms. The monoisotopic (exact) mass is 359 g/mol. The minimum absolute atomic E-state index is 0.0253. The van der Waals surface area contributed by atoms with Crippen LogP contribution in [0.4, 0.5) is 5.13 Å². The Morgan fingerprint density at radius 1 is 1.12 bits per heavy atom. The van der Waals surface area contributed by atoms with E-state index in [0.29, 0.717) is 34.1 Å². The third-order valence-electron chi connectivity index (χ3n) is 3.55. The van der Waals surface area contributed by atoms with Crippen molar-refractivity contribution in [1.82, 2.24) is 9.88 Å². The van der Waals surface area contributed by atoms with Crippen molar-refractivity contribution in [1.29, 1.82) is 0 Å². The summed E-state index contributed by atoms with van der Waals surface area (Å²) in [5.74, 6) is -0.320. The Morgan fingerprint density at radius 3 is 2.44 bits per heavy atom. The molecule has 25 heavy (non-hydrogen) atoms. The predicted molar refractivity (Wildman–Crippen MR) is 98.1 cm³/mol. The van der Waals surface area contributed by atoms with Crippen molar-refractivity contribution < 1.29 is 14.4 Å².